The van der Waals surface area contributed by atoms with Gasteiger partial charge in [-0.25, -0.2) is 4.79 Å². The lowest BCUT2D eigenvalue weighted by Gasteiger charge is -2.09. The Kier molecular flexibility index (Phi) is 4.16. The van der Waals surface area contributed by atoms with Crippen LogP contribution < -0.4 is 5.69 Å². The Morgan fingerprint density at radius 1 is 1.21 bits per heavy atom. The van der Waals surface area contributed by atoms with Gasteiger partial charge in [-0.3, -0.25) is 4.57 Å². The highest BCUT2D eigenvalue weighted by Gasteiger charge is 2.10. The molecule has 0 atom stereocenters. The fourth-order valence-corrected chi connectivity index (χ4v) is 2.03. The first-order valence-corrected chi connectivity index (χ1v) is 6.46. The van der Waals surface area contributed by atoms with Crippen molar-refractivity contribution >= 4 is 0 Å². The number of para-hydroxylation sites is 1. The monoisotopic (exact) mass is 260 g/mol. The third-order valence-electron chi connectivity index (χ3n) is 3.04. The molecule has 0 saturated heterocycles. The topological polar surface area (TPSA) is 43.1 Å². The van der Waals surface area contributed by atoms with E-state index >= 15 is 0 Å². The van der Waals surface area contributed by atoms with Crippen LogP contribution in [-0.2, 0) is 6.54 Å². The Labute approximate surface area is 113 Å². The van der Waals surface area contributed by atoms with Gasteiger partial charge in [-0.05, 0) is 46.1 Å². The van der Waals surface area contributed by atoms with Gasteiger partial charge in [-0.1, -0.05) is 18.2 Å². The van der Waals surface area contributed by atoms with Crippen LogP contribution in [-0.4, -0.2) is 39.9 Å². The van der Waals surface area contributed by atoms with E-state index in [1.807, 2.05) is 51.4 Å². The molecule has 19 heavy (non-hydrogen) atoms. The summed E-state index contributed by atoms with van der Waals surface area (Å²) < 4.78 is 3.20. The molecule has 0 N–H and O–H groups in total. The second-order valence-electron chi connectivity index (χ2n) is 4.89. The predicted molar refractivity (Wildman–Crippen MR) is 75.7 cm³/mol. The molecule has 1 aromatic heterocycles. The quantitative estimate of drug-likeness (QED) is 0.813. The average Bonchev–Trinajstić information content (AvgIpc) is 2.67. The highest BCUT2D eigenvalue weighted by Crippen LogP contribution is 2.03. The van der Waals surface area contributed by atoms with Crippen molar-refractivity contribution in [2.45, 2.75) is 19.9 Å². The fourth-order valence-electron chi connectivity index (χ4n) is 2.03. The number of rotatable bonds is 5. The lowest BCUT2D eigenvalue weighted by molar-refractivity contribution is 0.383. The number of aryl methyl sites for hydroxylation is 1. The molecule has 0 amide bonds. The molecule has 0 aliphatic rings. The molecule has 2 rings (SSSR count). The average molecular weight is 260 g/mol. The summed E-state index contributed by atoms with van der Waals surface area (Å²) in [6.45, 7) is 3.54. The summed E-state index contributed by atoms with van der Waals surface area (Å²) in [5.74, 6) is 0.757. The molecule has 0 bridgehead atoms. The van der Waals surface area contributed by atoms with E-state index in [0.29, 0.717) is 6.54 Å². The predicted octanol–water partition coefficient (Wildman–Crippen LogP) is 1.29. The van der Waals surface area contributed by atoms with Crippen molar-refractivity contribution in [2.75, 3.05) is 20.6 Å². The summed E-state index contributed by atoms with van der Waals surface area (Å²) in [6, 6.07) is 9.51. The Bertz CT molecular complexity index is 583. The molecule has 0 aliphatic carbocycles. The number of hydrogen-bond donors (Lipinski definition) is 0. The summed E-state index contributed by atoms with van der Waals surface area (Å²) in [5, 5.41) is 4.33. The second kappa shape index (κ2) is 5.84. The zero-order valence-corrected chi connectivity index (χ0v) is 11.7. The van der Waals surface area contributed by atoms with Gasteiger partial charge in [0.1, 0.15) is 5.82 Å². The van der Waals surface area contributed by atoms with Crippen LogP contribution in [0.2, 0.25) is 0 Å². The maximum Gasteiger partial charge on any atom is 0.350 e. The van der Waals surface area contributed by atoms with E-state index in [1.165, 1.54) is 4.68 Å². The SMILES string of the molecule is Cc1nn(-c2ccccc2)c(=O)n1CCCN(C)C. The third-order valence-corrected chi connectivity index (χ3v) is 3.04. The standard InChI is InChI=1S/C14H20N4O/c1-12-15-18(13-8-5-4-6-9-13)14(19)17(12)11-7-10-16(2)3/h4-6,8-9H,7,10-11H2,1-3H3. The second-order valence-corrected chi connectivity index (χ2v) is 4.89. The van der Waals surface area contributed by atoms with Gasteiger partial charge in [0.2, 0.25) is 0 Å². The van der Waals surface area contributed by atoms with Gasteiger partial charge in [0, 0.05) is 6.54 Å². The van der Waals surface area contributed by atoms with E-state index in [-0.39, 0.29) is 5.69 Å². The van der Waals surface area contributed by atoms with Crippen LogP contribution in [0.5, 0.6) is 0 Å². The van der Waals surface area contributed by atoms with Crippen LogP contribution in [0.3, 0.4) is 0 Å². The minimum Gasteiger partial charge on any atom is -0.309 e. The van der Waals surface area contributed by atoms with Gasteiger partial charge in [-0.2, -0.15) is 9.78 Å². The first kappa shape index (κ1) is 13.5. The fraction of sp³-hybridized carbons (Fsp3) is 0.429. The maximum atomic E-state index is 12.3. The molecule has 102 valence electrons. The molecular formula is C14H20N4O. The Hall–Kier alpha value is -1.88. The van der Waals surface area contributed by atoms with E-state index < -0.39 is 0 Å². The Balaban J connectivity index is 2.23. The molecule has 0 radical (unpaired) electrons. The van der Waals surface area contributed by atoms with Crippen LogP contribution in [0.15, 0.2) is 35.1 Å². The molecule has 0 unspecified atom stereocenters. The summed E-state index contributed by atoms with van der Waals surface area (Å²) in [5.41, 5.74) is 0.740. The highest BCUT2D eigenvalue weighted by atomic mass is 16.2. The van der Waals surface area contributed by atoms with E-state index in [1.54, 1.807) is 4.57 Å². The number of benzene rings is 1. The first-order valence-electron chi connectivity index (χ1n) is 6.46. The molecule has 5 heteroatoms. The first-order chi connectivity index (χ1) is 9.09. The Morgan fingerprint density at radius 3 is 2.53 bits per heavy atom. The highest BCUT2D eigenvalue weighted by molar-refractivity contribution is 5.29. The molecule has 5 nitrogen and oxygen atoms in total. The van der Waals surface area contributed by atoms with Gasteiger partial charge < -0.3 is 4.90 Å². The largest absolute Gasteiger partial charge is 0.350 e. The molecule has 0 aliphatic heterocycles. The smallest absolute Gasteiger partial charge is 0.309 e. The molecule has 0 spiro atoms. The van der Waals surface area contributed by atoms with E-state index in [0.717, 1.165) is 24.5 Å². The van der Waals surface area contributed by atoms with Crippen molar-refractivity contribution in [3.63, 3.8) is 0 Å². The van der Waals surface area contributed by atoms with Crippen LogP contribution >= 0.6 is 0 Å². The number of aromatic nitrogens is 3. The minimum atomic E-state index is -0.0672. The lowest BCUT2D eigenvalue weighted by atomic mass is 10.3. The lowest BCUT2D eigenvalue weighted by Crippen LogP contribution is -2.25. The van der Waals surface area contributed by atoms with E-state index in [9.17, 15) is 4.79 Å². The van der Waals surface area contributed by atoms with E-state index in [4.69, 9.17) is 0 Å². The van der Waals surface area contributed by atoms with Crippen LogP contribution in [0.1, 0.15) is 12.2 Å². The van der Waals surface area contributed by atoms with Gasteiger partial charge in [0.05, 0.1) is 5.69 Å². The van der Waals surface area contributed by atoms with Crippen molar-refractivity contribution in [1.82, 2.24) is 19.2 Å². The molecule has 1 heterocycles. The van der Waals surface area contributed by atoms with Gasteiger partial charge in [0.25, 0.3) is 0 Å². The third kappa shape index (κ3) is 3.12. The summed E-state index contributed by atoms with van der Waals surface area (Å²) in [6.07, 6.45) is 0.939. The molecule has 0 fully saturated rings. The Morgan fingerprint density at radius 2 is 1.89 bits per heavy atom. The van der Waals surface area contributed by atoms with Crippen molar-refractivity contribution in [3.8, 4) is 5.69 Å². The van der Waals surface area contributed by atoms with Crippen LogP contribution in [0, 0.1) is 6.92 Å². The maximum absolute atomic E-state index is 12.3. The summed E-state index contributed by atoms with van der Waals surface area (Å²) in [4.78, 5) is 14.4. The normalized spacial score (nSPS) is 11.2. The zero-order chi connectivity index (χ0) is 13.8. The summed E-state index contributed by atoms with van der Waals surface area (Å²) >= 11 is 0. The molecular weight excluding hydrogens is 240 g/mol. The van der Waals surface area contributed by atoms with Gasteiger partial charge in [0.15, 0.2) is 0 Å². The van der Waals surface area contributed by atoms with Crippen molar-refractivity contribution < 1.29 is 0 Å². The van der Waals surface area contributed by atoms with Crippen LogP contribution in [0.4, 0.5) is 0 Å². The van der Waals surface area contributed by atoms with Crippen molar-refractivity contribution in [1.29, 1.82) is 0 Å². The van der Waals surface area contributed by atoms with Gasteiger partial charge >= 0.3 is 5.69 Å². The number of nitrogens with zero attached hydrogens (tertiary/aromatic N) is 4. The van der Waals surface area contributed by atoms with Gasteiger partial charge in [-0.15, -0.1) is 0 Å². The molecule has 2 aromatic rings. The van der Waals surface area contributed by atoms with Crippen molar-refractivity contribution in [2.24, 2.45) is 0 Å². The number of hydrogen-bond acceptors (Lipinski definition) is 3. The zero-order valence-electron chi connectivity index (χ0n) is 11.7. The van der Waals surface area contributed by atoms with Crippen molar-refractivity contribution in [3.05, 3.63) is 46.6 Å². The molecule has 0 saturated carbocycles. The minimum absolute atomic E-state index is 0.0672. The van der Waals surface area contributed by atoms with E-state index in [2.05, 4.69) is 10.00 Å². The summed E-state index contributed by atoms with van der Waals surface area (Å²) in [7, 11) is 4.06. The van der Waals surface area contributed by atoms with Crippen LogP contribution in [0.25, 0.3) is 5.69 Å². The molecule has 1 aromatic carbocycles.